The smallest absolute Gasteiger partial charge is 0.0843 e. The highest BCUT2D eigenvalue weighted by atomic mass is 16.5. The molecule has 4 aliphatic rings. The van der Waals surface area contributed by atoms with Crippen LogP contribution in [0.15, 0.2) is 11.6 Å². The summed E-state index contributed by atoms with van der Waals surface area (Å²) in [6, 6.07) is 0. The summed E-state index contributed by atoms with van der Waals surface area (Å²) in [6.07, 6.45) is 8.19. The van der Waals surface area contributed by atoms with Gasteiger partial charge >= 0.3 is 0 Å². The molecule has 1 heterocycles. The summed E-state index contributed by atoms with van der Waals surface area (Å²) in [5.41, 5.74) is 0.836. The Morgan fingerprint density at radius 3 is 2.68 bits per heavy atom. The molecule has 3 aliphatic carbocycles. The van der Waals surface area contributed by atoms with E-state index in [0.717, 1.165) is 32.3 Å². The summed E-state index contributed by atoms with van der Waals surface area (Å²) in [6.45, 7) is 7.43. The van der Waals surface area contributed by atoms with Crippen LogP contribution in [0.4, 0.5) is 0 Å². The van der Waals surface area contributed by atoms with Crippen LogP contribution in [0.25, 0.3) is 0 Å². The van der Waals surface area contributed by atoms with Gasteiger partial charge in [-0.3, -0.25) is 0 Å². The number of hydrogen-bond acceptors (Lipinski definition) is 3. The Kier molecular flexibility index (Phi) is 3.16. The largest absolute Gasteiger partial charge is 0.390 e. The normalized spacial score (nSPS) is 57.6. The van der Waals surface area contributed by atoms with Gasteiger partial charge in [0, 0.05) is 12.5 Å². The minimum absolute atomic E-state index is 0.00146. The van der Waals surface area contributed by atoms with Crippen LogP contribution in [0, 0.1) is 22.7 Å². The molecule has 3 nitrogen and oxygen atoms in total. The number of aliphatic hydroxyl groups excluding tert-OH is 1. The molecule has 1 saturated heterocycles. The van der Waals surface area contributed by atoms with Crippen LogP contribution < -0.4 is 0 Å². The molecule has 0 aromatic carbocycles. The first-order valence-corrected chi connectivity index (χ1v) is 9.02. The van der Waals surface area contributed by atoms with Crippen molar-refractivity contribution in [3.05, 3.63) is 11.6 Å². The highest BCUT2D eigenvalue weighted by molar-refractivity contribution is 5.31. The maximum Gasteiger partial charge on any atom is 0.0843 e. The molecule has 1 aliphatic heterocycles. The topological polar surface area (TPSA) is 49.7 Å². The first kappa shape index (κ1) is 15.2. The van der Waals surface area contributed by atoms with Crippen molar-refractivity contribution >= 4 is 0 Å². The third kappa shape index (κ3) is 1.85. The number of fused-ring (bicyclic) bond motifs is 5. The molecule has 0 aromatic heterocycles. The number of aliphatic hydroxyl groups is 2. The Morgan fingerprint density at radius 2 is 1.91 bits per heavy atom. The third-order valence-electron chi connectivity index (χ3n) is 7.58. The predicted octanol–water partition coefficient (Wildman–Crippen LogP) is 3.05. The van der Waals surface area contributed by atoms with Gasteiger partial charge in [-0.05, 0) is 61.3 Å². The Morgan fingerprint density at radius 1 is 1.14 bits per heavy atom. The standard InChI is InChI=1S/C19H30O3/c1-17-8-5-13-12(16(17)22-10-9-17)11-14(20)15-18(13,2)6-4-7-19(15,3)21/h11,13-16,20-21H,4-10H2,1-3H3/t13-,14+,15+,16+,17+,18+,19-/m0/s1. The van der Waals surface area contributed by atoms with Crippen LogP contribution in [0.5, 0.6) is 0 Å². The lowest BCUT2D eigenvalue weighted by molar-refractivity contribution is -0.162. The minimum Gasteiger partial charge on any atom is -0.390 e. The van der Waals surface area contributed by atoms with Crippen LogP contribution in [-0.2, 0) is 4.74 Å². The molecule has 4 rings (SSSR count). The van der Waals surface area contributed by atoms with Gasteiger partial charge in [0.25, 0.3) is 0 Å². The quantitative estimate of drug-likeness (QED) is 0.676. The van der Waals surface area contributed by atoms with E-state index >= 15 is 0 Å². The van der Waals surface area contributed by atoms with E-state index in [0.29, 0.717) is 5.92 Å². The van der Waals surface area contributed by atoms with Gasteiger partial charge in [0.1, 0.15) is 0 Å². The van der Waals surface area contributed by atoms with Crippen LogP contribution in [0.2, 0.25) is 0 Å². The molecule has 3 fully saturated rings. The Bertz CT molecular complexity index is 511. The van der Waals surface area contributed by atoms with Crippen molar-refractivity contribution in [1.29, 1.82) is 0 Å². The highest BCUT2D eigenvalue weighted by Gasteiger charge is 2.61. The van der Waals surface area contributed by atoms with Crippen molar-refractivity contribution < 1.29 is 14.9 Å². The third-order valence-corrected chi connectivity index (χ3v) is 7.58. The van der Waals surface area contributed by atoms with E-state index in [4.69, 9.17) is 4.74 Å². The van der Waals surface area contributed by atoms with Crippen molar-refractivity contribution in [2.75, 3.05) is 6.61 Å². The van der Waals surface area contributed by atoms with Gasteiger partial charge in [0.15, 0.2) is 0 Å². The Hall–Kier alpha value is -0.380. The van der Waals surface area contributed by atoms with Gasteiger partial charge < -0.3 is 14.9 Å². The molecule has 0 spiro atoms. The molecule has 3 heteroatoms. The summed E-state index contributed by atoms with van der Waals surface area (Å²) in [4.78, 5) is 0. The van der Waals surface area contributed by atoms with Crippen molar-refractivity contribution in [3.63, 3.8) is 0 Å². The summed E-state index contributed by atoms with van der Waals surface area (Å²) in [5.74, 6) is 0.414. The second-order valence-corrected chi connectivity index (χ2v) is 9.10. The molecule has 124 valence electrons. The maximum atomic E-state index is 10.9. The van der Waals surface area contributed by atoms with Crippen molar-refractivity contribution in [2.45, 2.75) is 77.1 Å². The molecule has 0 bridgehead atoms. The zero-order chi connectivity index (χ0) is 15.8. The fourth-order valence-corrected chi connectivity index (χ4v) is 6.53. The zero-order valence-corrected chi connectivity index (χ0v) is 14.1. The van der Waals surface area contributed by atoms with E-state index < -0.39 is 11.7 Å². The Balaban J connectivity index is 1.79. The SMILES string of the molecule is C[C@@]12CCO[C@@H]1C1=C[C@@H](O)[C@@H]3[C@](C)(CCC[C@]3(C)O)[C@H]1CC2. The average Bonchev–Trinajstić information content (AvgIpc) is 2.79. The number of ether oxygens (including phenoxy) is 1. The fourth-order valence-electron chi connectivity index (χ4n) is 6.53. The van der Waals surface area contributed by atoms with Gasteiger partial charge in [-0.15, -0.1) is 0 Å². The molecule has 7 atom stereocenters. The summed E-state index contributed by atoms with van der Waals surface area (Å²) < 4.78 is 6.11. The zero-order valence-electron chi connectivity index (χ0n) is 14.1. The van der Waals surface area contributed by atoms with Gasteiger partial charge in [-0.1, -0.05) is 26.3 Å². The van der Waals surface area contributed by atoms with E-state index in [9.17, 15) is 10.2 Å². The number of rotatable bonds is 0. The van der Waals surface area contributed by atoms with Crippen LogP contribution >= 0.6 is 0 Å². The molecule has 22 heavy (non-hydrogen) atoms. The number of hydrogen-bond donors (Lipinski definition) is 2. The maximum absolute atomic E-state index is 10.9. The van der Waals surface area contributed by atoms with E-state index in [1.165, 1.54) is 18.4 Å². The predicted molar refractivity (Wildman–Crippen MR) is 85.3 cm³/mol. The van der Waals surface area contributed by atoms with E-state index in [2.05, 4.69) is 19.9 Å². The molecule has 0 amide bonds. The van der Waals surface area contributed by atoms with Gasteiger partial charge in [0.2, 0.25) is 0 Å². The van der Waals surface area contributed by atoms with Crippen LogP contribution in [0.3, 0.4) is 0 Å². The summed E-state index contributed by atoms with van der Waals surface area (Å²) in [5, 5.41) is 21.8. The lowest BCUT2D eigenvalue weighted by Gasteiger charge is -2.60. The first-order chi connectivity index (χ1) is 10.3. The van der Waals surface area contributed by atoms with Crippen LogP contribution in [-0.4, -0.2) is 34.6 Å². The van der Waals surface area contributed by atoms with Crippen molar-refractivity contribution in [1.82, 2.24) is 0 Å². The molecule has 0 radical (unpaired) electrons. The van der Waals surface area contributed by atoms with Crippen LogP contribution in [0.1, 0.15) is 59.3 Å². The monoisotopic (exact) mass is 306 g/mol. The molecular weight excluding hydrogens is 276 g/mol. The van der Waals surface area contributed by atoms with E-state index in [1.807, 2.05) is 6.92 Å². The lowest BCUT2D eigenvalue weighted by Crippen LogP contribution is -2.60. The molecule has 2 N–H and O–H groups in total. The summed E-state index contributed by atoms with van der Waals surface area (Å²) >= 11 is 0. The molecular formula is C19H30O3. The second kappa shape index (κ2) is 4.58. The van der Waals surface area contributed by atoms with Gasteiger partial charge in [-0.25, -0.2) is 0 Å². The Labute approximate surface area is 133 Å². The first-order valence-electron chi connectivity index (χ1n) is 9.02. The van der Waals surface area contributed by atoms with Gasteiger partial charge in [0.05, 0.1) is 17.8 Å². The molecule has 0 unspecified atom stereocenters. The summed E-state index contributed by atoms with van der Waals surface area (Å²) in [7, 11) is 0. The highest BCUT2D eigenvalue weighted by Crippen LogP contribution is 2.63. The lowest BCUT2D eigenvalue weighted by atomic mass is 9.47. The van der Waals surface area contributed by atoms with Crippen molar-refractivity contribution in [3.8, 4) is 0 Å². The minimum atomic E-state index is -0.758. The van der Waals surface area contributed by atoms with Crippen molar-refractivity contribution in [2.24, 2.45) is 22.7 Å². The van der Waals surface area contributed by atoms with E-state index in [-0.39, 0.29) is 22.9 Å². The molecule has 2 saturated carbocycles. The fraction of sp³-hybridized carbons (Fsp3) is 0.895. The van der Waals surface area contributed by atoms with Gasteiger partial charge in [-0.2, -0.15) is 0 Å². The molecule has 0 aromatic rings. The average molecular weight is 306 g/mol. The van der Waals surface area contributed by atoms with E-state index in [1.54, 1.807) is 0 Å². The second-order valence-electron chi connectivity index (χ2n) is 9.10.